The molecule has 1 amide bonds. The van der Waals surface area contributed by atoms with E-state index >= 15 is 0 Å². The van der Waals surface area contributed by atoms with Crippen molar-refractivity contribution in [3.63, 3.8) is 0 Å². The van der Waals surface area contributed by atoms with Gasteiger partial charge in [-0.05, 0) is 25.1 Å². The molecule has 0 atom stereocenters. The smallest absolute Gasteiger partial charge is 0.226 e. The molecule has 2 heterocycles. The summed E-state index contributed by atoms with van der Waals surface area (Å²) in [4.78, 5) is 19.8. The van der Waals surface area contributed by atoms with Gasteiger partial charge in [-0.15, -0.1) is 11.3 Å². The monoisotopic (exact) mass is 262 g/mol. The first-order valence-electron chi connectivity index (χ1n) is 5.65. The van der Waals surface area contributed by atoms with Gasteiger partial charge in [0.05, 0.1) is 5.69 Å². The molecule has 0 unspecified atom stereocenters. The second kappa shape index (κ2) is 6.23. The van der Waals surface area contributed by atoms with Crippen molar-refractivity contribution >= 4 is 22.4 Å². The Morgan fingerprint density at radius 2 is 2.17 bits per heavy atom. The Hall–Kier alpha value is -1.79. The van der Waals surface area contributed by atoms with Crippen LogP contribution in [-0.2, 0) is 4.79 Å². The maximum absolute atomic E-state index is 11.5. The minimum Gasteiger partial charge on any atom is -0.330 e. The number of hydrogen-bond donors (Lipinski definition) is 2. The van der Waals surface area contributed by atoms with Gasteiger partial charge in [-0.25, -0.2) is 4.98 Å². The molecule has 0 aliphatic heterocycles. The number of anilines is 1. The lowest BCUT2D eigenvalue weighted by Crippen LogP contribution is -2.13. The molecule has 0 fully saturated rings. The number of nitrogens with zero attached hydrogens (tertiary/aromatic N) is 2. The lowest BCUT2D eigenvalue weighted by molar-refractivity contribution is -0.116. The standard InChI is InChI=1S/C12H14N4OS/c13-5-1-2-11(17)16-12-15-10(8-18-12)9-3-6-14-7-4-9/h3-4,6-8H,1-2,5,13H2,(H,15,16,17). The first-order chi connectivity index (χ1) is 8.79. The molecule has 0 aliphatic rings. The van der Waals surface area contributed by atoms with Crippen molar-refractivity contribution < 1.29 is 4.79 Å². The first-order valence-corrected chi connectivity index (χ1v) is 6.53. The summed E-state index contributed by atoms with van der Waals surface area (Å²) >= 11 is 1.41. The van der Waals surface area contributed by atoms with Crippen LogP contribution in [0.15, 0.2) is 29.9 Å². The largest absolute Gasteiger partial charge is 0.330 e. The second-order valence-corrected chi connectivity index (χ2v) is 4.57. The summed E-state index contributed by atoms with van der Waals surface area (Å²) in [6, 6.07) is 3.77. The Balaban J connectivity index is 2.00. The molecule has 5 nitrogen and oxygen atoms in total. The number of carbonyl (C=O) groups excluding carboxylic acids is 1. The van der Waals surface area contributed by atoms with E-state index in [1.807, 2.05) is 17.5 Å². The molecule has 2 rings (SSSR count). The number of thiazole rings is 1. The van der Waals surface area contributed by atoms with Crippen LogP contribution in [0, 0.1) is 0 Å². The molecule has 0 bridgehead atoms. The van der Waals surface area contributed by atoms with E-state index in [0.717, 1.165) is 11.3 Å². The van der Waals surface area contributed by atoms with Crippen LogP contribution in [0.5, 0.6) is 0 Å². The molecular formula is C12H14N4OS. The summed E-state index contributed by atoms with van der Waals surface area (Å²) in [5, 5.41) is 5.29. The summed E-state index contributed by atoms with van der Waals surface area (Å²) in [5.74, 6) is -0.0453. The van der Waals surface area contributed by atoms with E-state index in [2.05, 4.69) is 15.3 Å². The minimum absolute atomic E-state index is 0.0453. The molecule has 0 aromatic carbocycles. The van der Waals surface area contributed by atoms with E-state index < -0.39 is 0 Å². The fourth-order valence-corrected chi connectivity index (χ4v) is 2.17. The zero-order chi connectivity index (χ0) is 12.8. The number of nitrogens with two attached hydrogens (primary N) is 1. The van der Waals surface area contributed by atoms with Crippen LogP contribution < -0.4 is 11.1 Å². The van der Waals surface area contributed by atoms with Gasteiger partial charge in [0, 0.05) is 29.8 Å². The Morgan fingerprint density at radius 1 is 1.39 bits per heavy atom. The van der Waals surface area contributed by atoms with Gasteiger partial charge in [-0.2, -0.15) is 0 Å². The summed E-state index contributed by atoms with van der Waals surface area (Å²) < 4.78 is 0. The normalized spacial score (nSPS) is 10.3. The van der Waals surface area contributed by atoms with Crippen LogP contribution in [-0.4, -0.2) is 22.4 Å². The topological polar surface area (TPSA) is 80.9 Å². The van der Waals surface area contributed by atoms with Crippen molar-refractivity contribution in [2.24, 2.45) is 5.73 Å². The molecule has 6 heteroatoms. The summed E-state index contributed by atoms with van der Waals surface area (Å²) in [6.07, 6.45) is 4.55. The van der Waals surface area contributed by atoms with E-state index in [4.69, 9.17) is 5.73 Å². The van der Waals surface area contributed by atoms with Crippen LogP contribution in [0.1, 0.15) is 12.8 Å². The third-order valence-electron chi connectivity index (χ3n) is 2.33. The highest BCUT2D eigenvalue weighted by molar-refractivity contribution is 7.14. The molecular weight excluding hydrogens is 248 g/mol. The Bertz CT molecular complexity index is 512. The molecule has 3 N–H and O–H groups in total. The number of hydrogen-bond acceptors (Lipinski definition) is 5. The van der Waals surface area contributed by atoms with Crippen LogP contribution in [0.3, 0.4) is 0 Å². The van der Waals surface area contributed by atoms with E-state index in [0.29, 0.717) is 24.5 Å². The van der Waals surface area contributed by atoms with Crippen molar-refractivity contribution in [3.8, 4) is 11.3 Å². The van der Waals surface area contributed by atoms with Crippen LogP contribution in [0.4, 0.5) is 5.13 Å². The first kappa shape index (κ1) is 12.7. The predicted molar refractivity (Wildman–Crippen MR) is 72.3 cm³/mol. The van der Waals surface area contributed by atoms with Gasteiger partial charge in [0.1, 0.15) is 0 Å². The average Bonchev–Trinajstić information content (AvgIpc) is 2.86. The van der Waals surface area contributed by atoms with Crippen molar-refractivity contribution in [1.29, 1.82) is 0 Å². The lowest BCUT2D eigenvalue weighted by Gasteiger charge is -1.99. The molecule has 0 saturated carbocycles. The van der Waals surface area contributed by atoms with E-state index in [-0.39, 0.29) is 5.91 Å². The number of aromatic nitrogens is 2. The second-order valence-electron chi connectivity index (χ2n) is 3.71. The van der Waals surface area contributed by atoms with Gasteiger partial charge >= 0.3 is 0 Å². The van der Waals surface area contributed by atoms with Gasteiger partial charge in [0.2, 0.25) is 5.91 Å². The fourth-order valence-electron chi connectivity index (χ4n) is 1.43. The lowest BCUT2D eigenvalue weighted by atomic mass is 10.2. The molecule has 0 radical (unpaired) electrons. The van der Waals surface area contributed by atoms with Gasteiger partial charge in [-0.1, -0.05) is 0 Å². The van der Waals surface area contributed by atoms with Crippen LogP contribution in [0.2, 0.25) is 0 Å². The van der Waals surface area contributed by atoms with E-state index in [1.165, 1.54) is 11.3 Å². The molecule has 18 heavy (non-hydrogen) atoms. The fraction of sp³-hybridized carbons (Fsp3) is 0.250. The Labute approximate surface area is 109 Å². The summed E-state index contributed by atoms with van der Waals surface area (Å²) in [7, 11) is 0. The molecule has 0 aliphatic carbocycles. The summed E-state index contributed by atoms with van der Waals surface area (Å²) in [6.45, 7) is 0.521. The van der Waals surface area contributed by atoms with E-state index in [9.17, 15) is 4.79 Å². The van der Waals surface area contributed by atoms with Crippen molar-refractivity contribution in [1.82, 2.24) is 9.97 Å². The average molecular weight is 262 g/mol. The molecule has 0 spiro atoms. The molecule has 2 aromatic rings. The third kappa shape index (κ3) is 3.35. The highest BCUT2D eigenvalue weighted by Gasteiger charge is 2.07. The molecule has 0 saturated heterocycles. The maximum atomic E-state index is 11.5. The quantitative estimate of drug-likeness (QED) is 0.862. The number of pyridine rings is 1. The Kier molecular flexibility index (Phi) is 4.38. The van der Waals surface area contributed by atoms with Crippen LogP contribution in [0.25, 0.3) is 11.3 Å². The number of carbonyl (C=O) groups is 1. The number of amides is 1. The van der Waals surface area contributed by atoms with Gasteiger partial charge in [0.15, 0.2) is 5.13 Å². The number of rotatable bonds is 5. The Morgan fingerprint density at radius 3 is 2.89 bits per heavy atom. The highest BCUT2D eigenvalue weighted by atomic mass is 32.1. The highest BCUT2D eigenvalue weighted by Crippen LogP contribution is 2.24. The molecule has 94 valence electrons. The third-order valence-corrected chi connectivity index (χ3v) is 3.09. The predicted octanol–water partition coefficient (Wildman–Crippen LogP) is 1.88. The maximum Gasteiger partial charge on any atom is 0.226 e. The van der Waals surface area contributed by atoms with E-state index in [1.54, 1.807) is 12.4 Å². The van der Waals surface area contributed by atoms with Gasteiger partial charge < -0.3 is 11.1 Å². The van der Waals surface area contributed by atoms with Gasteiger partial charge in [-0.3, -0.25) is 9.78 Å². The van der Waals surface area contributed by atoms with Crippen molar-refractivity contribution in [2.45, 2.75) is 12.8 Å². The molecule has 2 aromatic heterocycles. The zero-order valence-corrected chi connectivity index (χ0v) is 10.6. The summed E-state index contributed by atoms with van der Waals surface area (Å²) in [5.41, 5.74) is 7.18. The van der Waals surface area contributed by atoms with Gasteiger partial charge in [0.25, 0.3) is 0 Å². The van der Waals surface area contributed by atoms with Crippen molar-refractivity contribution in [3.05, 3.63) is 29.9 Å². The zero-order valence-electron chi connectivity index (χ0n) is 9.80. The number of nitrogens with one attached hydrogen (secondary N) is 1. The minimum atomic E-state index is -0.0453. The SMILES string of the molecule is NCCCC(=O)Nc1nc(-c2ccncc2)cs1. The van der Waals surface area contributed by atoms with Crippen LogP contribution >= 0.6 is 11.3 Å². The van der Waals surface area contributed by atoms with Crippen molar-refractivity contribution in [2.75, 3.05) is 11.9 Å².